The van der Waals surface area contributed by atoms with Crippen LogP contribution in [0.1, 0.15) is 42.0 Å². The van der Waals surface area contributed by atoms with Gasteiger partial charge in [-0.25, -0.2) is 4.79 Å². The van der Waals surface area contributed by atoms with E-state index in [1.165, 1.54) is 11.3 Å². The number of nitrogens with one attached hydrogen (secondary N) is 1. The van der Waals surface area contributed by atoms with Crippen LogP contribution < -0.4 is 5.32 Å². The van der Waals surface area contributed by atoms with Crippen LogP contribution in [0.4, 0.5) is 18.0 Å². The van der Waals surface area contributed by atoms with Gasteiger partial charge in [-0.15, -0.1) is 11.3 Å². The first-order valence-electron chi connectivity index (χ1n) is 8.48. The van der Waals surface area contributed by atoms with Crippen LogP contribution in [0.2, 0.25) is 0 Å². The molecule has 0 aromatic carbocycles. The summed E-state index contributed by atoms with van der Waals surface area (Å²) in [5.41, 5.74) is 0.927. The van der Waals surface area contributed by atoms with Crippen LogP contribution in [0.25, 0.3) is 10.7 Å². The molecule has 2 amide bonds. The third kappa shape index (κ3) is 3.42. The Bertz CT molecular complexity index is 811. The minimum Gasteiger partial charge on any atom is -0.335 e. The predicted molar refractivity (Wildman–Crippen MR) is 87.5 cm³/mol. The predicted octanol–water partition coefficient (Wildman–Crippen LogP) is 3.83. The first-order chi connectivity index (χ1) is 12.4. The Morgan fingerprint density at radius 3 is 2.81 bits per heavy atom. The van der Waals surface area contributed by atoms with Gasteiger partial charge in [0.1, 0.15) is 0 Å². The largest absolute Gasteiger partial charge is 0.471 e. The molecule has 1 fully saturated rings. The Balaban J connectivity index is 1.47. The first kappa shape index (κ1) is 17.3. The van der Waals surface area contributed by atoms with Gasteiger partial charge in [0.25, 0.3) is 0 Å². The van der Waals surface area contributed by atoms with Crippen LogP contribution in [0.3, 0.4) is 0 Å². The molecule has 6 nitrogen and oxygen atoms in total. The summed E-state index contributed by atoms with van der Waals surface area (Å²) in [6.07, 6.45) is 0.347. The van der Waals surface area contributed by atoms with Crippen molar-refractivity contribution in [3.8, 4) is 10.7 Å². The zero-order chi connectivity index (χ0) is 18.3. The number of fused-ring (bicyclic) bond motifs is 1. The van der Waals surface area contributed by atoms with Gasteiger partial charge in [0, 0.05) is 24.0 Å². The van der Waals surface area contributed by atoms with E-state index in [2.05, 4.69) is 20.0 Å². The van der Waals surface area contributed by atoms with Crippen LogP contribution in [-0.2, 0) is 19.1 Å². The highest BCUT2D eigenvalue weighted by Gasteiger charge is 2.39. The van der Waals surface area contributed by atoms with Gasteiger partial charge in [-0.2, -0.15) is 18.2 Å². The van der Waals surface area contributed by atoms with Crippen LogP contribution in [0.5, 0.6) is 0 Å². The number of halogens is 3. The quantitative estimate of drug-likeness (QED) is 0.852. The molecule has 0 spiro atoms. The highest BCUT2D eigenvalue weighted by molar-refractivity contribution is 7.15. The van der Waals surface area contributed by atoms with E-state index < -0.39 is 12.1 Å². The molecule has 2 aromatic heterocycles. The molecule has 3 heterocycles. The normalized spacial score (nSPS) is 18.2. The minimum atomic E-state index is -4.66. The molecular formula is C16H17F3N4O2S. The van der Waals surface area contributed by atoms with Gasteiger partial charge >= 0.3 is 18.1 Å². The molecular weight excluding hydrogens is 369 g/mol. The number of hydrogen-bond donors (Lipinski definition) is 1. The molecule has 0 radical (unpaired) electrons. The van der Waals surface area contributed by atoms with Gasteiger partial charge < -0.3 is 14.7 Å². The summed E-state index contributed by atoms with van der Waals surface area (Å²) in [6, 6.07) is 1.93. The van der Waals surface area contributed by atoms with Gasteiger partial charge in [0.15, 0.2) is 0 Å². The van der Waals surface area contributed by atoms with Gasteiger partial charge in [-0.3, -0.25) is 0 Å². The van der Waals surface area contributed by atoms with E-state index in [9.17, 15) is 18.0 Å². The van der Waals surface area contributed by atoms with Crippen LogP contribution in [0.15, 0.2) is 10.6 Å². The SMILES string of the molecule is O=C(NC1CCCC1)N1CCc2sc(-c3noc(C(F)(F)F)n3)cc2C1. The van der Waals surface area contributed by atoms with E-state index in [0.29, 0.717) is 24.4 Å². The van der Waals surface area contributed by atoms with E-state index in [-0.39, 0.29) is 17.9 Å². The second-order valence-electron chi connectivity index (χ2n) is 6.58. The van der Waals surface area contributed by atoms with E-state index in [0.717, 1.165) is 36.1 Å². The zero-order valence-corrected chi connectivity index (χ0v) is 14.6. The van der Waals surface area contributed by atoms with Gasteiger partial charge in [0.05, 0.1) is 4.88 Å². The molecule has 1 aliphatic carbocycles. The average molecular weight is 386 g/mol. The number of urea groups is 1. The molecule has 2 aromatic rings. The van der Waals surface area contributed by atoms with E-state index in [1.54, 1.807) is 11.0 Å². The summed E-state index contributed by atoms with van der Waals surface area (Å²) < 4.78 is 42.1. The van der Waals surface area contributed by atoms with E-state index in [4.69, 9.17) is 0 Å². The van der Waals surface area contributed by atoms with Gasteiger partial charge in [-0.1, -0.05) is 18.0 Å². The molecule has 140 valence electrons. The minimum absolute atomic E-state index is 0.0707. The van der Waals surface area contributed by atoms with Crippen molar-refractivity contribution in [1.29, 1.82) is 0 Å². The Hall–Kier alpha value is -2.10. The Labute approximate surface area is 151 Å². The molecule has 10 heteroatoms. The molecule has 4 rings (SSSR count). The van der Waals surface area contributed by atoms with Crippen LogP contribution in [-0.4, -0.2) is 33.7 Å². The molecule has 0 unspecified atom stereocenters. The molecule has 0 saturated heterocycles. The lowest BCUT2D eigenvalue weighted by Crippen LogP contribution is -2.45. The third-order valence-corrected chi connectivity index (χ3v) is 5.96. The average Bonchev–Trinajstić information content (AvgIpc) is 3.32. The van der Waals surface area contributed by atoms with E-state index in [1.807, 2.05) is 0 Å². The Kier molecular flexibility index (Phi) is 4.37. The first-order valence-corrected chi connectivity index (χ1v) is 9.30. The maximum atomic E-state index is 12.6. The zero-order valence-electron chi connectivity index (χ0n) is 13.8. The summed E-state index contributed by atoms with van der Waals surface area (Å²) in [5, 5.41) is 6.49. The lowest BCUT2D eigenvalue weighted by atomic mass is 10.1. The van der Waals surface area contributed by atoms with Crippen molar-refractivity contribution in [2.24, 2.45) is 0 Å². The molecule has 1 saturated carbocycles. The summed E-state index contributed by atoms with van der Waals surface area (Å²) in [5.74, 6) is -1.42. The van der Waals surface area contributed by atoms with Crippen molar-refractivity contribution in [2.75, 3.05) is 6.54 Å². The standard InChI is InChI=1S/C16H17F3N4O2S/c17-16(18,19)14-21-13(22-25-14)12-7-9-8-23(6-5-11(9)26-12)15(24)20-10-3-1-2-4-10/h7,10H,1-6,8H2,(H,20,24). The molecule has 0 bridgehead atoms. The fourth-order valence-electron chi connectivity index (χ4n) is 3.39. The lowest BCUT2D eigenvalue weighted by molar-refractivity contribution is -0.159. The number of amides is 2. The van der Waals surface area contributed by atoms with Crippen molar-refractivity contribution in [1.82, 2.24) is 20.4 Å². The highest BCUT2D eigenvalue weighted by atomic mass is 32.1. The maximum Gasteiger partial charge on any atom is 0.471 e. The molecule has 1 aliphatic heterocycles. The number of aromatic nitrogens is 2. The summed E-state index contributed by atoms with van der Waals surface area (Å²) in [7, 11) is 0. The summed E-state index contributed by atoms with van der Waals surface area (Å²) in [4.78, 5) is 19.2. The van der Waals surface area contributed by atoms with Crippen LogP contribution in [0, 0.1) is 0 Å². The fourth-order valence-corrected chi connectivity index (χ4v) is 4.48. The lowest BCUT2D eigenvalue weighted by Gasteiger charge is -2.28. The topological polar surface area (TPSA) is 71.3 Å². The van der Waals surface area contributed by atoms with Gasteiger partial charge in [0.2, 0.25) is 5.82 Å². The van der Waals surface area contributed by atoms with Crippen molar-refractivity contribution >= 4 is 17.4 Å². The van der Waals surface area contributed by atoms with E-state index >= 15 is 0 Å². The number of thiophene rings is 1. The smallest absolute Gasteiger partial charge is 0.335 e. The Morgan fingerprint density at radius 1 is 1.35 bits per heavy atom. The summed E-state index contributed by atoms with van der Waals surface area (Å²) in [6.45, 7) is 1.03. The molecule has 2 aliphatic rings. The molecule has 0 atom stereocenters. The highest BCUT2D eigenvalue weighted by Crippen LogP contribution is 2.35. The molecule has 1 N–H and O–H groups in total. The van der Waals surface area contributed by atoms with Crippen molar-refractivity contribution in [2.45, 2.75) is 50.9 Å². The molecule has 26 heavy (non-hydrogen) atoms. The second-order valence-corrected chi connectivity index (χ2v) is 7.72. The number of nitrogens with zero attached hydrogens (tertiary/aromatic N) is 3. The van der Waals surface area contributed by atoms with Crippen LogP contribution >= 0.6 is 11.3 Å². The number of alkyl halides is 3. The third-order valence-electron chi connectivity index (χ3n) is 4.73. The van der Waals surface area contributed by atoms with Gasteiger partial charge in [-0.05, 0) is 30.9 Å². The number of carbonyl (C=O) groups excluding carboxylic acids is 1. The fraction of sp³-hybridized carbons (Fsp3) is 0.562. The summed E-state index contributed by atoms with van der Waals surface area (Å²) >= 11 is 1.35. The Morgan fingerprint density at radius 2 is 2.12 bits per heavy atom. The number of rotatable bonds is 2. The maximum absolute atomic E-state index is 12.6. The van der Waals surface area contributed by atoms with Crippen molar-refractivity contribution in [3.05, 3.63) is 22.4 Å². The number of carbonyl (C=O) groups is 1. The second kappa shape index (κ2) is 6.57. The number of hydrogen-bond acceptors (Lipinski definition) is 5. The van der Waals surface area contributed by atoms with Crippen molar-refractivity contribution < 1.29 is 22.5 Å². The monoisotopic (exact) mass is 386 g/mol. The van der Waals surface area contributed by atoms with Crippen molar-refractivity contribution in [3.63, 3.8) is 0 Å².